The van der Waals surface area contributed by atoms with Crippen LogP contribution in [0.5, 0.6) is 0 Å². The van der Waals surface area contributed by atoms with E-state index in [1.165, 1.54) is 7.11 Å². The van der Waals surface area contributed by atoms with Crippen molar-refractivity contribution in [3.05, 3.63) is 29.8 Å². The second kappa shape index (κ2) is 5.31. The number of rotatable bonds is 5. The highest BCUT2D eigenvalue weighted by atomic mass is 31.2. The van der Waals surface area contributed by atoms with Crippen molar-refractivity contribution in [3.8, 4) is 0 Å². The molecule has 0 bridgehead atoms. The lowest BCUT2D eigenvalue weighted by molar-refractivity contribution is 0.243. The maximum absolute atomic E-state index is 12.0. The fourth-order valence-electron chi connectivity index (χ4n) is 1.21. The molecule has 1 aromatic rings. The van der Waals surface area contributed by atoms with Gasteiger partial charge in [0.15, 0.2) is 0 Å². The number of hydrogen-bond acceptors (Lipinski definition) is 4. The molecule has 5 heteroatoms. The van der Waals surface area contributed by atoms with Gasteiger partial charge in [0.25, 0.3) is 0 Å². The summed E-state index contributed by atoms with van der Waals surface area (Å²) in [6.45, 7) is 2.16. The first-order valence-corrected chi connectivity index (χ1v) is 6.46. The maximum atomic E-state index is 12.0. The largest absolute Gasteiger partial charge is 0.399 e. The van der Waals surface area contributed by atoms with Crippen molar-refractivity contribution in [1.29, 1.82) is 0 Å². The van der Waals surface area contributed by atoms with E-state index in [4.69, 9.17) is 14.8 Å². The molecule has 1 aromatic carbocycles. The van der Waals surface area contributed by atoms with Crippen molar-refractivity contribution >= 4 is 13.3 Å². The highest BCUT2D eigenvalue weighted by Gasteiger charge is 2.22. The monoisotopic (exact) mass is 229 g/mol. The summed E-state index contributed by atoms with van der Waals surface area (Å²) in [4.78, 5) is 0. The van der Waals surface area contributed by atoms with Crippen LogP contribution >= 0.6 is 7.60 Å². The fourth-order valence-corrected chi connectivity index (χ4v) is 2.58. The number of benzene rings is 1. The Morgan fingerprint density at radius 3 is 2.40 bits per heavy atom. The molecule has 0 radical (unpaired) electrons. The predicted molar refractivity (Wildman–Crippen MR) is 60.8 cm³/mol. The van der Waals surface area contributed by atoms with E-state index in [1.807, 2.05) is 12.1 Å². The van der Waals surface area contributed by atoms with Crippen LogP contribution in [-0.4, -0.2) is 13.7 Å². The Labute approximate surface area is 89.9 Å². The summed E-state index contributed by atoms with van der Waals surface area (Å²) in [6, 6.07) is 7.17. The molecule has 84 valence electrons. The molecule has 0 saturated carbocycles. The number of anilines is 1. The summed E-state index contributed by atoms with van der Waals surface area (Å²) in [6.07, 6.45) is 0.275. The minimum absolute atomic E-state index is 0.275. The third-order valence-corrected chi connectivity index (χ3v) is 3.92. The first-order valence-electron chi connectivity index (χ1n) is 4.73. The fraction of sp³-hybridized carbons (Fsp3) is 0.400. The second-order valence-corrected chi connectivity index (χ2v) is 5.27. The zero-order chi connectivity index (χ0) is 11.3. The molecular weight excluding hydrogens is 213 g/mol. The Morgan fingerprint density at radius 1 is 1.33 bits per heavy atom. The summed E-state index contributed by atoms with van der Waals surface area (Å²) in [5, 5.41) is 0. The Hall–Kier alpha value is -0.830. The molecule has 1 unspecified atom stereocenters. The smallest absolute Gasteiger partial charge is 0.334 e. The molecule has 0 aromatic heterocycles. The van der Waals surface area contributed by atoms with Crippen molar-refractivity contribution in [2.75, 3.05) is 19.5 Å². The summed E-state index contributed by atoms with van der Waals surface area (Å²) in [5.41, 5.74) is 7.12. The van der Waals surface area contributed by atoms with Crippen molar-refractivity contribution in [2.45, 2.75) is 13.1 Å². The number of nitrogen functional groups attached to an aromatic ring is 1. The van der Waals surface area contributed by atoms with E-state index in [1.54, 1.807) is 19.1 Å². The van der Waals surface area contributed by atoms with Crippen LogP contribution < -0.4 is 5.73 Å². The highest BCUT2D eigenvalue weighted by molar-refractivity contribution is 7.53. The average molecular weight is 229 g/mol. The minimum Gasteiger partial charge on any atom is -0.399 e. The van der Waals surface area contributed by atoms with Gasteiger partial charge in [-0.25, -0.2) is 0 Å². The van der Waals surface area contributed by atoms with Crippen LogP contribution in [0.4, 0.5) is 5.69 Å². The van der Waals surface area contributed by atoms with Crippen molar-refractivity contribution in [1.82, 2.24) is 0 Å². The van der Waals surface area contributed by atoms with Gasteiger partial charge in [-0.3, -0.25) is 4.57 Å². The van der Waals surface area contributed by atoms with Crippen LogP contribution in [0.2, 0.25) is 0 Å². The van der Waals surface area contributed by atoms with Gasteiger partial charge in [0.1, 0.15) is 0 Å². The van der Waals surface area contributed by atoms with Gasteiger partial charge in [0.2, 0.25) is 0 Å². The number of nitrogens with two attached hydrogens (primary N) is 1. The lowest BCUT2D eigenvalue weighted by atomic mass is 10.2. The average Bonchev–Trinajstić information content (AvgIpc) is 2.22. The molecule has 2 N–H and O–H groups in total. The van der Waals surface area contributed by atoms with E-state index >= 15 is 0 Å². The molecule has 1 rings (SSSR count). The van der Waals surface area contributed by atoms with Gasteiger partial charge in [0.05, 0.1) is 12.8 Å². The predicted octanol–water partition coefficient (Wildman–Crippen LogP) is 2.64. The van der Waals surface area contributed by atoms with Crippen LogP contribution in [0.15, 0.2) is 24.3 Å². The standard InChI is InChI=1S/C10H16NO3P/c1-3-14-15(12,13-2)8-9-4-6-10(11)7-5-9/h4-7H,3,8,11H2,1-2H3. The first-order chi connectivity index (χ1) is 7.09. The van der Waals surface area contributed by atoms with E-state index in [9.17, 15) is 4.57 Å². The molecule has 0 spiro atoms. The molecule has 0 heterocycles. The summed E-state index contributed by atoms with van der Waals surface area (Å²) in [5.74, 6) is 0. The summed E-state index contributed by atoms with van der Waals surface area (Å²) >= 11 is 0. The molecule has 1 atom stereocenters. The highest BCUT2D eigenvalue weighted by Crippen LogP contribution is 2.50. The van der Waals surface area contributed by atoms with Crippen LogP contribution in [0.25, 0.3) is 0 Å². The molecule has 0 fully saturated rings. The van der Waals surface area contributed by atoms with Gasteiger partial charge < -0.3 is 14.8 Å². The SMILES string of the molecule is CCOP(=O)(Cc1ccc(N)cc1)OC. The third-order valence-electron chi connectivity index (χ3n) is 1.96. The van der Waals surface area contributed by atoms with E-state index < -0.39 is 7.60 Å². The molecule has 0 aliphatic heterocycles. The van der Waals surface area contributed by atoms with E-state index in [0.717, 1.165) is 5.56 Å². The molecular formula is C10H16NO3P. The quantitative estimate of drug-likeness (QED) is 0.622. The molecule has 15 heavy (non-hydrogen) atoms. The van der Waals surface area contributed by atoms with Gasteiger partial charge in [-0.2, -0.15) is 0 Å². The summed E-state index contributed by atoms with van der Waals surface area (Å²) < 4.78 is 22.0. The minimum atomic E-state index is -2.98. The summed E-state index contributed by atoms with van der Waals surface area (Å²) in [7, 11) is -1.58. The normalized spacial score (nSPS) is 14.8. The number of hydrogen-bond donors (Lipinski definition) is 1. The van der Waals surface area contributed by atoms with Gasteiger partial charge in [-0.1, -0.05) is 12.1 Å². The van der Waals surface area contributed by atoms with E-state index in [2.05, 4.69) is 0 Å². The topological polar surface area (TPSA) is 61.5 Å². The second-order valence-electron chi connectivity index (χ2n) is 3.11. The third kappa shape index (κ3) is 3.67. The van der Waals surface area contributed by atoms with Gasteiger partial charge >= 0.3 is 7.60 Å². The molecule has 0 amide bonds. The molecule has 0 aliphatic carbocycles. The van der Waals surface area contributed by atoms with Gasteiger partial charge in [-0.15, -0.1) is 0 Å². The maximum Gasteiger partial charge on any atom is 0.334 e. The van der Waals surface area contributed by atoms with Crippen LogP contribution in [0.1, 0.15) is 12.5 Å². The zero-order valence-electron chi connectivity index (χ0n) is 8.97. The molecule has 4 nitrogen and oxygen atoms in total. The van der Waals surface area contributed by atoms with Gasteiger partial charge in [-0.05, 0) is 24.6 Å². The molecule has 0 saturated heterocycles. The van der Waals surface area contributed by atoms with E-state index in [-0.39, 0.29) is 6.16 Å². The lowest BCUT2D eigenvalue weighted by Crippen LogP contribution is -1.96. The molecule has 0 aliphatic rings. The van der Waals surface area contributed by atoms with Crippen molar-refractivity contribution in [3.63, 3.8) is 0 Å². The van der Waals surface area contributed by atoms with Gasteiger partial charge in [0, 0.05) is 12.8 Å². The Balaban J connectivity index is 2.75. The lowest BCUT2D eigenvalue weighted by Gasteiger charge is -2.15. The Morgan fingerprint density at radius 2 is 1.93 bits per heavy atom. The van der Waals surface area contributed by atoms with Crippen LogP contribution in [-0.2, 0) is 19.8 Å². The first kappa shape index (κ1) is 12.2. The van der Waals surface area contributed by atoms with Crippen molar-refractivity contribution < 1.29 is 13.6 Å². The van der Waals surface area contributed by atoms with Crippen LogP contribution in [0, 0.1) is 0 Å². The Bertz CT molecular complexity index is 350. The Kier molecular flexibility index (Phi) is 4.33. The van der Waals surface area contributed by atoms with Crippen molar-refractivity contribution in [2.24, 2.45) is 0 Å². The van der Waals surface area contributed by atoms with Crippen LogP contribution in [0.3, 0.4) is 0 Å². The van der Waals surface area contributed by atoms with E-state index in [0.29, 0.717) is 12.3 Å². The zero-order valence-corrected chi connectivity index (χ0v) is 9.87.